The molecule has 0 fully saturated rings. The molecule has 0 aliphatic carbocycles. The predicted octanol–water partition coefficient (Wildman–Crippen LogP) is 3.50. The summed E-state index contributed by atoms with van der Waals surface area (Å²) in [5.74, 6) is -1.75. The summed E-state index contributed by atoms with van der Waals surface area (Å²) >= 11 is 0. The van der Waals surface area contributed by atoms with Gasteiger partial charge in [0.1, 0.15) is 16.5 Å². The van der Waals surface area contributed by atoms with Gasteiger partial charge < -0.3 is 9.50 Å². The van der Waals surface area contributed by atoms with Crippen LogP contribution in [0.5, 0.6) is 5.75 Å². The maximum Gasteiger partial charge on any atom is 0.416 e. The van der Waals surface area contributed by atoms with Crippen molar-refractivity contribution in [3.8, 4) is 5.75 Å². The Morgan fingerprint density at radius 1 is 1.04 bits per heavy atom. The molecular formula is C16H11F4NO4S. The van der Waals surface area contributed by atoms with Crippen LogP contribution in [0.2, 0.25) is 0 Å². The van der Waals surface area contributed by atoms with E-state index < -0.39 is 32.6 Å². The average molecular weight is 389 g/mol. The lowest BCUT2D eigenvalue weighted by molar-refractivity contribution is -0.137. The zero-order valence-electron chi connectivity index (χ0n) is 12.9. The predicted molar refractivity (Wildman–Crippen MR) is 82.6 cm³/mol. The second-order valence-corrected chi connectivity index (χ2v) is 7.06. The Morgan fingerprint density at radius 2 is 1.77 bits per heavy atom. The number of aryl methyl sites for hydroxylation is 1. The summed E-state index contributed by atoms with van der Waals surface area (Å²) in [5, 5.41) is 2.59. The van der Waals surface area contributed by atoms with E-state index in [1.807, 2.05) is 0 Å². The minimum atomic E-state index is -4.83. The van der Waals surface area contributed by atoms with E-state index >= 15 is 0 Å². The summed E-state index contributed by atoms with van der Waals surface area (Å²) < 4.78 is 81.3. The molecule has 3 rings (SSSR count). The van der Waals surface area contributed by atoms with Crippen LogP contribution in [0, 0.1) is 5.82 Å². The summed E-state index contributed by atoms with van der Waals surface area (Å²) in [6, 6.07) is 4.99. The third kappa shape index (κ3) is 3.64. The van der Waals surface area contributed by atoms with E-state index in [1.54, 1.807) is 0 Å². The van der Waals surface area contributed by atoms with E-state index in [1.165, 1.54) is 18.2 Å². The van der Waals surface area contributed by atoms with Crippen molar-refractivity contribution in [1.82, 2.24) is 0 Å². The zero-order chi connectivity index (χ0) is 19.1. The summed E-state index contributed by atoms with van der Waals surface area (Å²) in [6.07, 6.45) is -4.29. The number of hydrogen-bond donors (Lipinski definition) is 1. The normalized spacial score (nSPS) is 14.5. The number of benzene rings is 2. The van der Waals surface area contributed by atoms with Gasteiger partial charge >= 0.3 is 16.3 Å². The molecule has 1 aliphatic rings. The lowest BCUT2D eigenvalue weighted by atomic mass is 10.0. The highest BCUT2D eigenvalue weighted by Gasteiger charge is 2.33. The number of anilines is 1. The Bertz CT molecular complexity index is 986. The first-order valence-corrected chi connectivity index (χ1v) is 8.71. The Hall–Kier alpha value is -2.62. The zero-order valence-corrected chi connectivity index (χ0v) is 13.7. The van der Waals surface area contributed by atoms with Crippen LogP contribution in [0.25, 0.3) is 0 Å². The van der Waals surface area contributed by atoms with E-state index in [0.717, 1.165) is 0 Å². The van der Waals surface area contributed by atoms with Crippen LogP contribution in [0.1, 0.15) is 17.5 Å². The van der Waals surface area contributed by atoms with Crippen LogP contribution in [0.15, 0.2) is 41.3 Å². The molecule has 0 saturated carbocycles. The highest BCUT2D eigenvalue weighted by Crippen LogP contribution is 2.33. The Kier molecular flexibility index (Phi) is 4.39. The van der Waals surface area contributed by atoms with Gasteiger partial charge in [-0.25, -0.2) is 4.39 Å². The second-order valence-electron chi connectivity index (χ2n) is 5.55. The van der Waals surface area contributed by atoms with Gasteiger partial charge in [-0.2, -0.15) is 21.6 Å². The molecule has 2 aromatic rings. The molecule has 0 saturated heterocycles. The molecule has 0 aromatic heterocycles. The topological polar surface area (TPSA) is 72.5 Å². The van der Waals surface area contributed by atoms with Gasteiger partial charge in [-0.3, -0.25) is 4.79 Å². The summed E-state index contributed by atoms with van der Waals surface area (Å²) in [4.78, 5) is 10.1. The number of fused-ring (bicyclic) bond motifs is 1. The number of nitrogens with one attached hydrogen (secondary N) is 1. The highest BCUT2D eigenvalue weighted by molar-refractivity contribution is 7.87. The SMILES string of the molecule is O=C1CCc2cc(OS(=O)(=O)c3cc(C(F)(F)F)ccc3F)ccc2N1. The first-order chi connectivity index (χ1) is 12.1. The molecule has 0 spiro atoms. The molecule has 1 amide bonds. The van der Waals surface area contributed by atoms with Gasteiger partial charge in [0, 0.05) is 12.1 Å². The average Bonchev–Trinajstić information content (AvgIpc) is 2.54. The van der Waals surface area contributed by atoms with E-state index in [0.29, 0.717) is 29.8 Å². The Labute approximate surface area is 145 Å². The smallest absolute Gasteiger partial charge is 0.379 e. The highest BCUT2D eigenvalue weighted by atomic mass is 32.2. The molecular weight excluding hydrogens is 378 g/mol. The molecule has 1 heterocycles. The van der Waals surface area contributed by atoms with Crippen LogP contribution < -0.4 is 9.50 Å². The van der Waals surface area contributed by atoms with E-state index in [4.69, 9.17) is 4.18 Å². The number of carbonyl (C=O) groups is 1. The van der Waals surface area contributed by atoms with Gasteiger partial charge in [0.25, 0.3) is 0 Å². The fourth-order valence-corrected chi connectivity index (χ4v) is 3.48. The molecule has 0 unspecified atom stereocenters. The van der Waals surface area contributed by atoms with Crippen molar-refractivity contribution in [2.24, 2.45) is 0 Å². The molecule has 1 aliphatic heterocycles. The van der Waals surface area contributed by atoms with Gasteiger partial charge in [-0.15, -0.1) is 0 Å². The van der Waals surface area contributed by atoms with Gasteiger partial charge in [-0.1, -0.05) is 0 Å². The van der Waals surface area contributed by atoms with Crippen LogP contribution in [-0.2, 0) is 27.5 Å². The lowest BCUT2D eigenvalue weighted by Crippen LogP contribution is -2.19. The lowest BCUT2D eigenvalue weighted by Gasteiger charge is -2.17. The quantitative estimate of drug-likeness (QED) is 0.644. The first kappa shape index (κ1) is 18.2. The van der Waals surface area contributed by atoms with Crippen LogP contribution in [0.3, 0.4) is 0 Å². The molecule has 26 heavy (non-hydrogen) atoms. The standard InChI is InChI=1S/C16H11F4NO4S/c17-12-4-2-10(16(18,19)20)8-14(12)26(23,24)25-11-3-5-13-9(7-11)1-6-15(22)21-13/h2-5,7-8H,1,6H2,(H,21,22). The van der Waals surface area contributed by atoms with Crippen molar-refractivity contribution in [3.05, 3.63) is 53.3 Å². The number of alkyl halides is 3. The Balaban J connectivity index is 1.94. The van der Waals surface area contributed by atoms with Crippen LogP contribution in [-0.4, -0.2) is 14.3 Å². The van der Waals surface area contributed by atoms with E-state index in [2.05, 4.69) is 5.32 Å². The minimum absolute atomic E-state index is 0.184. The summed E-state index contributed by atoms with van der Waals surface area (Å²) in [6.45, 7) is 0. The summed E-state index contributed by atoms with van der Waals surface area (Å²) in [7, 11) is -4.83. The number of carbonyl (C=O) groups excluding carboxylic acids is 1. The van der Waals surface area contributed by atoms with Crippen LogP contribution in [0.4, 0.5) is 23.2 Å². The molecule has 0 radical (unpaired) electrons. The number of halogens is 4. The van der Waals surface area contributed by atoms with Crippen LogP contribution >= 0.6 is 0 Å². The van der Waals surface area contributed by atoms with Gasteiger partial charge in [-0.05, 0) is 48.4 Å². The van der Waals surface area contributed by atoms with Crippen molar-refractivity contribution in [1.29, 1.82) is 0 Å². The van der Waals surface area contributed by atoms with Crippen molar-refractivity contribution >= 4 is 21.7 Å². The molecule has 10 heteroatoms. The summed E-state index contributed by atoms with van der Waals surface area (Å²) in [5.41, 5.74) is -0.229. The fraction of sp³-hybridized carbons (Fsp3) is 0.188. The van der Waals surface area contributed by atoms with Crippen molar-refractivity contribution in [3.63, 3.8) is 0 Å². The Morgan fingerprint density at radius 3 is 2.46 bits per heavy atom. The first-order valence-electron chi connectivity index (χ1n) is 7.30. The number of rotatable bonds is 3. The van der Waals surface area contributed by atoms with Crippen molar-refractivity contribution in [2.75, 3.05) is 5.32 Å². The molecule has 138 valence electrons. The third-order valence-corrected chi connectivity index (χ3v) is 4.97. The fourth-order valence-electron chi connectivity index (χ4n) is 2.45. The van der Waals surface area contributed by atoms with Gasteiger partial charge in [0.15, 0.2) is 0 Å². The maximum absolute atomic E-state index is 13.8. The largest absolute Gasteiger partial charge is 0.416 e. The third-order valence-electron chi connectivity index (χ3n) is 3.71. The maximum atomic E-state index is 13.8. The van der Waals surface area contributed by atoms with Crippen molar-refractivity contribution < 1.29 is 35.0 Å². The number of amides is 1. The monoisotopic (exact) mass is 389 g/mol. The van der Waals surface area contributed by atoms with Gasteiger partial charge in [0.2, 0.25) is 5.91 Å². The second kappa shape index (κ2) is 6.27. The molecule has 0 atom stereocenters. The molecule has 0 bridgehead atoms. The van der Waals surface area contributed by atoms with E-state index in [9.17, 15) is 30.8 Å². The van der Waals surface area contributed by atoms with Crippen molar-refractivity contribution in [2.45, 2.75) is 23.9 Å². The molecule has 2 aromatic carbocycles. The minimum Gasteiger partial charge on any atom is -0.379 e. The number of hydrogen-bond acceptors (Lipinski definition) is 4. The molecule has 5 nitrogen and oxygen atoms in total. The van der Waals surface area contributed by atoms with Gasteiger partial charge in [0.05, 0.1) is 5.56 Å². The van der Waals surface area contributed by atoms with E-state index in [-0.39, 0.29) is 24.1 Å². The molecule has 1 N–H and O–H groups in total.